The van der Waals surface area contributed by atoms with Gasteiger partial charge in [-0.1, -0.05) is 25.3 Å². The van der Waals surface area contributed by atoms with E-state index in [-0.39, 0.29) is 36.3 Å². The number of anilines is 2. The van der Waals surface area contributed by atoms with E-state index >= 15 is 0 Å². The molecule has 0 bridgehead atoms. The molecule has 4 N–H and O–H groups in total. The van der Waals surface area contributed by atoms with Crippen LogP contribution in [0.25, 0.3) is 0 Å². The van der Waals surface area contributed by atoms with Crippen molar-refractivity contribution in [3.63, 3.8) is 0 Å². The lowest BCUT2D eigenvalue weighted by Crippen LogP contribution is -2.36. The van der Waals surface area contributed by atoms with E-state index in [4.69, 9.17) is 0 Å². The highest BCUT2D eigenvalue weighted by Crippen LogP contribution is 2.18. The maximum Gasteiger partial charge on any atom is 0.251 e. The third-order valence-electron chi connectivity index (χ3n) is 5.37. The lowest BCUT2D eigenvalue weighted by molar-refractivity contribution is -0.114. The smallest absolute Gasteiger partial charge is 0.251 e. The molecule has 2 aromatic rings. The number of nitrogens with one attached hydrogen (secondary N) is 4. The molecule has 0 saturated heterocycles. The topological polar surface area (TPSA) is 99.3 Å². The van der Waals surface area contributed by atoms with Gasteiger partial charge in [-0.25, -0.2) is 0 Å². The summed E-state index contributed by atoms with van der Waals surface area (Å²) >= 11 is 0. The minimum atomic E-state index is -0.225. The van der Waals surface area contributed by atoms with Gasteiger partial charge in [-0.2, -0.15) is 0 Å². The maximum absolute atomic E-state index is 12.5. The van der Waals surface area contributed by atoms with Gasteiger partial charge in [0, 0.05) is 34.6 Å². The van der Waals surface area contributed by atoms with Gasteiger partial charge in [-0.3, -0.25) is 14.4 Å². The molecule has 7 nitrogen and oxygen atoms in total. The Morgan fingerprint density at radius 1 is 0.875 bits per heavy atom. The Bertz CT molecular complexity index is 934. The molecule has 0 unspecified atom stereocenters. The van der Waals surface area contributed by atoms with Gasteiger partial charge >= 0.3 is 0 Å². The molecular weight excluding hydrogens is 404 g/mol. The average Bonchev–Trinajstić information content (AvgIpc) is 2.78. The van der Waals surface area contributed by atoms with Gasteiger partial charge in [0.15, 0.2) is 0 Å². The molecule has 2 aromatic carbocycles. The molecule has 1 aliphatic rings. The zero-order valence-electron chi connectivity index (χ0n) is 18.7. The number of benzene rings is 2. The standard InChI is InChI=1S/C25H32N4O3/c1-17(2)27-24(31)18-11-13-20(14-12-18)26-16-23(30)28-22-10-6-7-19(15-22)25(32)29-21-8-4-3-5-9-21/h6-7,10-15,17,21,26H,3-5,8-9,16H2,1-2H3,(H,27,31)(H,28,30)(H,29,32). The highest BCUT2D eigenvalue weighted by atomic mass is 16.2. The largest absolute Gasteiger partial charge is 0.376 e. The fraction of sp³-hybridized carbons (Fsp3) is 0.400. The van der Waals surface area contributed by atoms with Crippen molar-refractivity contribution in [2.75, 3.05) is 17.2 Å². The van der Waals surface area contributed by atoms with Crippen LogP contribution in [0.5, 0.6) is 0 Å². The highest BCUT2D eigenvalue weighted by molar-refractivity contribution is 5.98. The molecule has 3 rings (SSSR count). The summed E-state index contributed by atoms with van der Waals surface area (Å²) in [5.74, 6) is -0.458. The lowest BCUT2D eigenvalue weighted by atomic mass is 9.95. The van der Waals surface area contributed by atoms with E-state index in [1.807, 2.05) is 13.8 Å². The summed E-state index contributed by atoms with van der Waals surface area (Å²) in [6, 6.07) is 14.2. The van der Waals surface area contributed by atoms with Crippen molar-refractivity contribution in [3.8, 4) is 0 Å². The van der Waals surface area contributed by atoms with E-state index in [1.54, 1.807) is 48.5 Å². The van der Waals surface area contributed by atoms with Gasteiger partial charge in [-0.05, 0) is 69.2 Å². The number of rotatable bonds is 8. The SMILES string of the molecule is CC(C)NC(=O)c1ccc(NCC(=O)Nc2cccc(C(=O)NC3CCCCC3)c2)cc1. The van der Waals surface area contributed by atoms with E-state index in [0.717, 1.165) is 31.4 Å². The Balaban J connectivity index is 1.49. The van der Waals surface area contributed by atoms with Crippen molar-refractivity contribution in [2.45, 2.75) is 58.0 Å². The Kier molecular flexibility index (Phi) is 8.25. The van der Waals surface area contributed by atoms with E-state index in [1.165, 1.54) is 6.42 Å². The molecule has 0 radical (unpaired) electrons. The Hall–Kier alpha value is -3.35. The molecular formula is C25H32N4O3. The summed E-state index contributed by atoms with van der Waals surface area (Å²) < 4.78 is 0. The maximum atomic E-state index is 12.5. The quantitative estimate of drug-likeness (QED) is 0.504. The third-order valence-corrected chi connectivity index (χ3v) is 5.37. The fourth-order valence-corrected chi connectivity index (χ4v) is 3.73. The summed E-state index contributed by atoms with van der Waals surface area (Å²) in [6.45, 7) is 3.88. The lowest BCUT2D eigenvalue weighted by Gasteiger charge is -2.22. The van der Waals surface area contributed by atoms with Crippen LogP contribution in [-0.4, -0.2) is 36.3 Å². The van der Waals surface area contributed by atoms with Crippen molar-refractivity contribution in [1.82, 2.24) is 10.6 Å². The molecule has 0 heterocycles. The third kappa shape index (κ3) is 7.11. The second-order valence-electron chi connectivity index (χ2n) is 8.50. The van der Waals surface area contributed by atoms with Crippen molar-refractivity contribution in [3.05, 3.63) is 59.7 Å². The number of carbonyl (C=O) groups is 3. The Labute approximate surface area is 189 Å². The molecule has 0 aliphatic heterocycles. The number of hydrogen-bond acceptors (Lipinski definition) is 4. The summed E-state index contributed by atoms with van der Waals surface area (Å²) in [5, 5.41) is 11.8. The van der Waals surface area contributed by atoms with Gasteiger partial charge < -0.3 is 21.3 Å². The normalized spacial score (nSPS) is 14.0. The molecule has 0 atom stereocenters. The van der Waals surface area contributed by atoms with Crippen LogP contribution in [-0.2, 0) is 4.79 Å². The first-order chi connectivity index (χ1) is 15.4. The van der Waals surface area contributed by atoms with Gasteiger partial charge in [-0.15, -0.1) is 0 Å². The minimum Gasteiger partial charge on any atom is -0.376 e. The van der Waals surface area contributed by atoms with Crippen LogP contribution in [0.15, 0.2) is 48.5 Å². The fourth-order valence-electron chi connectivity index (χ4n) is 3.73. The van der Waals surface area contributed by atoms with Crippen molar-refractivity contribution in [2.24, 2.45) is 0 Å². The summed E-state index contributed by atoms with van der Waals surface area (Å²) in [7, 11) is 0. The van der Waals surface area contributed by atoms with E-state index < -0.39 is 0 Å². The van der Waals surface area contributed by atoms with Crippen LogP contribution in [0.4, 0.5) is 11.4 Å². The van der Waals surface area contributed by atoms with Gasteiger partial charge in [0.25, 0.3) is 11.8 Å². The number of amides is 3. The van der Waals surface area contributed by atoms with Crippen LogP contribution < -0.4 is 21.3 Å². The van der Waals surface area contributed by atoms with Gasteiger partial charge in [0.05, 0.1) is 6.54 Å². The zero-order valence-corrected chi connectivity index (χ0v) is 18.7. The summed E-state index contributed by atoms with van der Waals surface area (Å²) in [5.41, 5.74) is 2.42. The van der Waals surface area contributed by atoms with Gasteiger partial charge in [0.2, 0.25) is 5.91 Å². The average molecular weight is 437 g/mol. The van der Waals surface area contributed by atoms with E-state index in [2.05, 4.69) is 21.3 Å². The molecule has 7 heteroatoms. The van der Waals surface area contributed by atoms with Crippen LogP contribution in [0.1, 0.15) is 66.7 Å². The molecule has 1 aliphatic carbocycles. The predicted molar refractivity (Wildman–Crippen MR) is 127 cm³/mol. The Morgan fingerprint density at radius 2 is 1.59 bits per heavy atom. The van der Waals surface area contributed by atoms with Crippen molar-refractivity contribution < 1.29 is 14.4 Å². The number of hydrogen-bond donors (Lipinski definition) is 4. The second-order valence-corrected chi connectivity index (χ2v) is 8.50. The number of carbonyl (C=O) groups excluding carboxylic acids is 3. The van der Waals surface area contributed by atoms with Crippen LogP contribution in [0.2, 0.25) is 0 Å². The molecule has 170 valence electrons. The zero-order chi connectivity index (χ0) is 22.9. The highest BCUT2D eigenvalue weighted by Gasteiger charge is 2.17. The monoisotopic (exact) mass is 436 g/mol. The van der Waals surface area contributed by atoms with Crippen LogP contribution in [0, 0.1) is 0 Å². The molecule has 0 spiro atoms. The molecule has 1 saturated carbocycles. The molecule has 3 amide bonds. The minimum absolute atomic E-state index is 0.0655. The van der Waals surface area contributed by atoms with E-state index in [0.29, 0.717) is 16.8 Å². The summed E-state index contributed by atoms with van der Waals surface area (Å²) in [6.07, 6.45) is 5.60. The predicted octanol–water partition coefficient (Wildman–Crippen LogP) is 3.94. The van der Waals surface area contributed by atoms with Crippen molar-refractivity contribution in [1.29, 1.82) is 0 Å². The molecule has 32 heavy (non-hydrogen) atoms. The van der Waals surface area contributed by atoms with Crippen LogP contribution >= 0.6 is 0 Å². The van der Waals surface area contributed by atoms with Crippen LogP contribution in [0.3, 0.4) is 0 Å². The first-order valence-electron chi connectivity index (χ1n) is 11.3. The first-order valence-corrected chi connectivity index (χ1v) is 11.3. The summed E-state index contributed by atoms with van der Waals surface area (Å²) in [4.78, 5) is 36.9. The van der Waals surface area contributed by atoms with Gasteiger partial charge in [0.1, 0.15) is 0 Å². The molecule has 1 fully saturated rings. The first kappa shape index (κ1) is 23.3. The van der Waals surface area contributed by atoms with E-state index in [9.17, 15) is 14.4 Å². The molecule has 0 aromatic heterocycles. The second kappa shape index (κ2) is 11.3. The Morgan fingerprint density at radius 3 is 2.28 bits per heavy atom. The van der Waals surface area contributed by atoms with Crippen molar-refractivity contribution >= 4 is 29.1 Å².